The zero-order chi connectivity index (χ0) is 19.4. The number of fused-ring (bicyclic) bond motifs is 1. The molecule has 0 aromatic carbocycles. The Labute approximate surface area is 166 Å². The van der Waals surface area contributed by atoms with Crippen LogP contribution in [0.3, 0.4) is 0 Å². The summed E-state index contributed by atoms with van der Waals surface area (Å²) in [4.78, 5) is 32.0. The van der Waals surface area contributed by atoms with Gasteiger partial charge < -0.3 is 10.1 Å². The number of likely N-dealkylation sites (N-methyl/N-ethyl adjacent to an activating group) is 1. The van der Waals surface area contributed by atoms with Crippen LogP contribution in [0.15, 0.2) is 34.1 Å². The van der Waals surface area contributed by atoms with E-state index < -0.39 is 0 Å². The first kappa shape index (κ1) is 19.5. The lowest BCUT2D eigenvalue weighted by Gasteiger charge is -2.11. The normalized spacial score (nSPS) is 15.9. The second-order valence-electron chi connectivity index (χ2n) is 5.81. The van der Waals surface area contributed by atoms with Crippen molar-refractivity contribution in [1.82, 2.24) is 14.3 Å². The van der Waals surface area contributed by atoms with E-state index in [9.17, 15) is 9.59 Å². The number of carbonyl (C=O) groups is 1. The van der Waals surface area contributed by atoms with Crippen LogP contribution in [0.4, 0.5) is 5.82 Å². The highest BCUT2D eigenvalue weighted by atomic mass is 32.2. The first-order valence-electron chi connectivity index (χ1n) is 8.56. The van der Waals surface area contributed by atoms with Crippen LogP contribution in [0.5, 0.6) is 0 Å². The van der Waals surface area contributed by atoms with Crippen LogP contribution in [-0.2, 0) is 9.53 Å². The summed E-state index contributed by atoms with van der Waals surface area (Å²) in [5.41, 5.74) is 0.638. The van der Waals surface area contributed by atoms with Gasteiger partial charge in [-0.05, 0) is 31.6 Å². The molecule has 2 aromatic heterocycles. The van der Waals surface area contributed by atoms with Crippen LogP contribution in [0.25, 0.3) is 11.7 Å². The fourth-order valence-electron chi connectivity index (χ4n) is 2.69. The van der Waals surface area contributed by atoms with E-state index in [-0.39, 0.29) is 11.5 Å². The van der Waals surface area contributed by atoms with Crippen molar-refractivity contribution in [3.05, 3.63) is 45.2 Å². The molecule has 1 aliphatic heterocycles. The predicted octanol–water partition coefficient (Wildman–Crippen LogP) is 2.36. The number of hydrogen-bond donors (Lipinski definition) is 1. The Morgan fingerprint density at radius 1 is 1.37 bits per heavy atom. The van der Waals surface area contributed by atoms with Crippen molar-refractivity contribution in [2.75, 3.05) is 32.1 Å². The number of aromatic nitrogens is 2. The molecule has 0 atom stereocenters. The summed E-state index contributed by atoms with van der Waals surface area (Å²) < 4.78 is 7.02. The second-order valence-corrected chi connectivity index (χ2v) is 7.48. The van der Waals surface area contributed by atoms with Crippen molar-refractivity contribution in [1.29, 1.82) is 0 Å². The van der Waals surface area contributed by atoms with Crippen molar-refractivity contribution in [2.24, 2.45) is 0 Å². The molecule has 0 radical (unpaired) electrons. The number of carbonyl (C=O) groups excluding carboxylic acids is 1. The lowest BCUT2D eigenvalue weighted by Crippen LogP contribution is -2.27. The van der Waals surface area contributed by atoms with Gasteiger partial charge in [0.2, 0.25) is 0 Å². The molecular formula is C18H20N4O3S2. The fourth-order valence-corrected chi connectivity index (χ4v) is 4.06. The molecule has 0 spiro atoms. The van der Waals surface area contributed by atoms with Gasteiger partial charge >= 0.3 is 0 Å². The highest BCUT2D eigenvalue weighted by molar-refractivity contribution is 8.26. The van der Waals surface area contributed by atoms with Gasteiger partial charge in [-0.3, -0.25) is 18.9 Å². The van der Waals surface area contributed by atoms with E-state index in [1.807, 2.05) is 13.0 Å². The second kappa shape index (κ2) is 8.64. The van der Waals surface area contributed by atoms with Crippen LogP contribution >= 0.6 is 24.0 Å². The molecule has 2 aromatic rings. The zero-order valence-electron chi connectivity index (χ0n) is 15.1. The van der Waals surface area contributed by atoms with E-state index in [1.54, 1.807) is 31.5 Å². The van der Waals surface area contributed by atoms with Crippen molar-refractivity contribution in [2.45, 2.75) is 13.3 Å². The maximum Gasteiger partial charge on any atom is 0.267 e. The third-order valence-electron chi connectivity index (χ3n) is 4.05. The number of pyridine rings is 1. The maximum atomic E-state index is 13.0. The number of ether oxygens (including phenoxy) is 1. The van der Waals surface area contributed by atoms with Crippen LogP contribution < -0.4 is 10.9 Å². The molecule has 1 saturated heterocycles. The van der Waals surface area contributed by atoms with Crippen molar-refractivity contribution in [3.8, 4) is 0 Å². The largest absolute Gasteiger partial charge is 0.385 e. The van der Waals surface area contributed by atoms with Crippen molar-refractivity contribution in [3.63, 3.8) is 0 Å². The number of nitrogens with zero attached hydrogens (tertiary/aromatic N) is 3. The summed E-state index contributed by atoms with van der Waals surface area (Å²) in [5.74, 6) is 0.263. The van der Waals surface area contributed by atoms with E-state index in [4.69, 9.17) is 17.0 Å². The Kier molecular flexibility index (Phi) is 6.25. The Balaban J connectivity index is 2.05. The third-order valence-corrected chi connectivity index (χ3v) is 5.43. The summed E-state index contributed by atoms with van der Waals surface area (Å²) in [6, 6.07) is 5.35. The maximum absolute atomic E-state index is 13.0. The molecule has 1 N–H and O–H groups in total. The smallest absolute Gasteiger partial charge is 0.267 e. The summed E-state index contributed by atoms with van der Waals surface area (Å²) >= 11 is 6.45. The van der Waals surface area contributed by atoms with Gasteiger partial charge in [0.05, 0.1) is 10.5 Å². The van der Waals surface area contributed by atoms with Crippen molar-refractivity contribution >= 4 is 51.7 Å². The van der Waals surface area contributed by atoms with Crippen LogP contribution in [0.2, 0.25) is 0 Å². The zero-order valence-corrected chi connectivity index (χ0v) is 16.7. The van der Waals surface area contributed by atoms with E-state index in [2.05, 4.69) is 10.3 Å². The minimum atomic E-state index is -0.239. The van der Waals surface area contributed by atoms with E-state index >= 15 is 0 Å². The average Bonchev–Trinajstić information content (AvgIpc) is 2.94. The average molecular weight is 405 g/mol. The van der Waals surface area contributed by atoms with Gasteiger partial charge in [0.1, 0.15) is 15.8 Å². The van der Waals surface area contributed by atoms with Gasteiger partial charge in [-0.2, -0.15) is 0 Å². The molecule has 142 valence electrons. The quantitative estimate of drug-likeness (QED) is 0.431. The lowest BCUT2D eigenvalue weighted by atomic mass is 10.2. The highest BCUT2D eigenvalue weighted by Gasteiger charge is 2.31. The first-order valence-corrected chi connectivity index (χ1v) is 9.79. The molecule has 0 saturated carbocycles. The lowest BCUT2D eigenvalue weighted by molar-refractivity contribution is -0.121. The number of thioether (sulfide) groups is 1. The minimum absolute atomic E-state index is 0.185. The van der Waals surface area contributed by atoms with Crippen LogP contribution in [0, 0.1) is 0 Å². The summed E-state index contributed by atoms with van der Waals surface area (Å²) in [6.07, 6.45) is 4.01. The number of nitrogens with one attached hydrogen (secondary N) is 1. The predicted molar refractivity (Wildman–Crippen MR) is 112 cm³/mol. The number of amides is 1. The molecule has 3 heterocycles. The number of methoxy groups -OCH3 is 1. The Hall–Kier alpha value is -2.23. The van der Waals surface area contributed by atoms with Gasteiger partial charge in [0.15, 0.2) is 0 Å². The number of hydrogen-bond acceptors (Lipinski definition) is 7. The van der Waals surface area contributed by atoms with Crippen LogP contribution in [-0.4, -0.2) is 51.3 Å². The van der Waals surface area contributed by atoms with Gasteiger partial charge in [-0.1, -0.05) is 30.0 Å². The van der Waals surface area contributed by atoms with Gasteiger partial charge in [0.25, 0.3) is 11.5 Å². The molecule has 0 bridgehead atoms. The van der Waals surface area contributed by atoms with E-state index in [0.29, 0.717) is 46.0 Å². The standard InChI is InChI=1S/C18H20N4O3S2/c1-3-21-17(24)13(27-18(21)26)11-12-15(19-8-6-10-25-2)20-14-7-4-5-9-22(14)16(12)23/h4-5,7,9,11,19H,3,6,8,10H2,1-2H3. The van der Waals surface area contributed by atoms with Gasteiger partial charge in [0, 0.05) is 33.0 Å². The topological polar surface area (TPSA) is 75.9 Å². The Bertz CT molecular complexity index is 971. The van der Waals surface area contributed by atoms with Crippen LogP contribution in [0.1, 0.15) is 18.9 Å². The molecule has 1 amide bonds. The van der Waals surface area contributed by atoms with Gasteiger partial charge in [-0.15, -0.1) is 0 Å². The SMILES string of the molecule is CCN1C(=O)C(=Cc2c(NCCCOC)nc3ccccn3c2=O)SC1=S. The molecule has 0 aliphatic carbocycles. The Morgan fingerprint density at radius 2 is 2.19 bits per heavy atom. The van der Waals surface area contributed by atoms with Gasteiger partial charge in [-0.25, -0.2) is 4.98 Å². The third kappa shape index (κ3) is 4.05. The molecule has 3 rings (SSSR count). The number of thiocarbonyl (C=S) groups is 1. The van der Waals surface area contributed by atoms with Crippen molar-refractivity contribution < 1.29 is 9.53 Å². The Morgan fingerprint density at radius 3 is 2.89 bits per heavy atom. The fraction of sp³-hybridized carbons (Fsp3) is 0.333. The number of rotatable bonds is 7. The van der Waals surface area contributed by atoms with E-state index in [0.717, 1.165) is 6.42 Å². The summed E-state index contributed by atoms with van der Waals surface area (Å²) in [5, 5.41) is 3.19. The first-order chi connectivity index (χ1) is 13.1. The van der Waals surface area contributed by atoms with E-state index in [1.165, 1.54) is 21.1 Å². The molecule has 0 unspecified atom stereocenters. The molecule has 1 fully saturated rings. The molecule has 27 heavy (non-hydrogen) atoms. The molecular weight excluding hydrogens is 384 g/mol. The molecule has 1 aliphatic rings. The summed E-state index contributed by atoms with van der Waals surface area (Å²) in [7, 11) is 1.64. The highest BCUT2D eigenvalue weighted by Crippen LogP contribution is 2.32. The molecule has 7 nitrogen and oxygen atoms in total. The minimum Gasteiger partial charge on any atom is -0.385 e. The summed E-state index contributed by atoms with van der Waals surface area (Å²) in [6.45, 7) is 3.56. The number of anilines is 1. The molecule has 9 heteroatoms. The monoisotopic (exact) mass is 404 g/mol.